The van der Waals surface area contributed by atoms with Gasteiger partial charge in [0.15, 0.2) is 0 Å². The van der Waals surface area contributed by atoms with Crippen LogP contribution in [-0.4, -0.2) is 19.1 Å². The van der Waals surface area contributed by atoms with E-state index in [1.165, 1.54) is 22.3 Å². The zero-order valence-corrected chi connectivity index (χ0v) is 10.7. The second kappa shape index (κ2) is 4.77. The number of hydrogen-bond donors (Lipinski definition) is 1. The van der Waals surface area contributed by atoms with Gasteiger partial charge in [0, 0.05) is 20.1 Å². The van der Waals surface area contributed by atoms with Crippen LogP contribution in [0.5, 0.6) is 0 Å². The van der Waals surface area contributed by atoms with Crippen LogP contribution in [0.1, 0.15) is 35.2 Å². The van der Waals surface area contributed by atoms with Gasteiger partial charge in [-0.25, -0.2) is 5.43 Å². The Morgan fingerprint density at radius 3 is 1.93 bits per heavy atom. The van der Waals surface area contributed by atoms with Crippen LogP contribution in [0.2, 0.25) is 0 Å². The molecule has 0 radical (unpaired) electrons. The molecule has 1 aromatic rings. The molecule has 1 rings (SSSR count). The third-order valence-corrected chi connectivity index (χ3v) is 2.62. The maximum absolute atomic E-state index is 3.39. The van der Waals surface area contributed by atoms with E-state index >= 15 is 0 Å². The third-order valence-electron chi connectivity index (χ3n) is 2.62. The number of hydrogen-bond acceptors (Lipinski definition) is 2. The molecule has 84 valence electrons. The van der Waals surface area contributed by atoms with Crippen LogP contribution in [0.3, 0.4) is 0 Å². The van der Waals surface area contributed by atoms with Crippen LogP contribution in [0.4, 0.5) is 0 Å². The van der Waals surface area contributed by atoms with E-state index in [2.05, 4.69) is 45.3 Å². The summed E-state index contributed by atoms with van der Waals surface area (Å²) in [6, 6.07) is 4.85. The molecule has 0 aliphatic rings. The van der Waals surface area contributed by atoms with Crippen molar-refractivity contribution < 1.29 is 0 Å². The van der Waals surface area contributed by atoms with Crippen molar-refractivity contribution >= 4 is 0 Å². The van der Waals surface area contributed by atoms with Crippen LogP contribution in [0, 0.1) is 20.8 Å². The van der Waals surface area contributed by atoms with Crippen molar-refractivity contribution in [2.45, 2.75) is 33.7 Å². The van der Waals surface area contributed by atoms with Gasteiger partial charge in [-0.15, -0.1) is 0 Å². The summed E-state index contributed by atoms with van der Waals surface area (Å²) in [5.74, 6) is 0. The molecule has 2 nitrogen and oxygen atoms in total. The molecule has 0 saturated carbocycles. The quantitative estimate of drug-likeness (QED) is 0.765. The molecule has 0 saturated heterocycles. The third kappa shape index (κ3) is 3.05. The van der Waals surface area contributed by atoms with E-state index < -0.39 is 0 Å². The van der Waals surface area contributed by atoms with Crippen molar-refractivity contribution in [3.63, 3.8) is 0 Å². The van der Waals surface area contributed by atoms with E-state index in [0.29, 0.717) is 6.04 Å². The molecular weight excluding hydrogens is 184 g/mol. The lowest BCUT2D eigenvalue weighted by Crippen LogP contribution is -2.33. The number of rotatable bonds is 3. The first-order valence-electron chi connectivity index (χ1n) is 5.43. The number of benzene rings is 1. The smallest absolute Gasteiger partial charge is 0.0441 e. The first-order chi connectivity index (χ1) is 6.91. The predicted molar refractivity (Wildman–Crippen MR) is 65.9 cm³/mol. The Hall–Kier alpha value is -0.860. The summed E-state index contributed by atoms with van der Waals surface area (Å²) in [5.41, 5.74) is 8.88. The van der Waals surface area contributed by atoms with Crippen molar-refractivity contribution in [3.8, 4) is 0 Å². The number of aryl methyl sites for hydroxylation is 3. The highest BCUT2D eigenvalue weighted by molar-refractivity contribution is 5.39. The topological polar surface area (TPSA) is 15.3 Å². The van der Waals surface area contributed by atoms with Crippen molar-refractivity contribution in [2.24, 2.45) is 0 Å². The Morgan fingerprint density at radius 2 is 1.53 bits per heavy atom. The van der Waals surface area contributed by atoms with Crippen LogP contribution in [-0.2, 0) is 0 Å². The molecular formula is C13H22N2. The van der Waals surface area contributed by atoms with Crippen molar-refractivity contribution in [3.05, 3.63) is 34.4 Å². The minimum atomic E-state index is 0.362. The van der Waals surface area contributed by atoms with E-state index in [1.54, 1.807) is 0 Å². The van der Waals surface area contributed by atoms with Gasteiger partial charge >= 0.3 is 0 Å². The lowest BCUT2D eigenvalue weighted by atomic mass is 9.95. The fourth-order valence-electron chi connectivity index (χ4n) is 2.33. The maximum atomic E-state index is 3.39. The largest absolute Gasteiger partial charge is 0.250 e. The summed E-state index contributed by atoms with van der Waals surface area (Å²) in [6.07, 6.45) is 0. The van der Waals surface area contributed by atoms with E-state index in [9.17, 15) is 0 Å². The van der Waals surface area contributed by atoms with Crippen LogP contribution in [0.25, 0.3) is 0 Å². The van der Waals surface area contributed by atoms with Gasteiger partial charge in [-0.2, -0.15) is 0 Å². The molecule has 0 heterocycles. The summed E-state index contributed by atoms with van der Waals surface area (Å²) in [5, 5.41) is 2.00. The molecule has 0 aliphatic carbocycles. The Balaban J connectivity index is 3.03. The van der Waals surface area contributed by atoms with Crippen LogP contribution < -0.4 is 5.43 Å². The van der Waals surface area contributed by atoms with E-state index in [0.717, 1.165) is 0 Å². The number of hydrazine groups is 1. The van der Waals surface area contributed by atoms with E-state index in [4.69, 9.17) is 0 Å². The van der Waals surface area contributed by atoms with Gasteiger partial charge in [0.05, 0.1) is 0 Å². The van der Waals surface area contributed by atoms with E-state index in [-0.39, 0.29) is 0 Å². The average Bonchev–Trinajstić information content (AvgIpc) is 1.99. The normalized spacial score (nSPS) is 13.3. The fraction of sp³-hybridized carbons (Fsp3) is 0.538. The molecule has 0 bridgehead atoms. The van der Waals surface area contributed by atoms with Gasteiger partial charge in [-0.1, -0.05) is 17.7 Å². The van der Waals surface area contributed by atoms with Gasteiger partial charge in [-0.3, -0.25) is 5.01 Å². The Labute approximate surface area is 93.3 Å². The summed E-state index contributed by atoms with van der Waals surface area (Å²) in [4.78, 5) is 0. The minimum Gasteiger partial charge on any atom is -0.250 e. The molecule has 15 heavy (non-hydrogen) atoms. The minimum absolute atomic E-state index is 0.362. The number of nitrogens with zero attached hydrogens (tertiary/aromatic N) is 1. The van der Waals surface area contributed by atoms with Crippen LogP contribution >= 0.6 is 0 Å². The SMILES string of the molecule is Cc1cc(C)c(C(C)NN(C)C)c(C)c1. The summed E-state index contributed by atoms with van der Waals surface area (Å²) < 4.78 is 0. The molecule has 0 spiro atoms. The fourth-order valence-corrected chi connectivity index (χ4v) is 2.33. The Morgan fingerprint density at radius 1 is 1.07 bits per heavy atom. The van der Waals surface area contributed by atoms with Gasteiger partial charge in [0.2, 0.25) is 0 Å². The predicted octanol–water partition coefficient (Wildman–Crippen LogP) is 2.74. The lowest BCUT2D eigenvalue weighted by molar-refractivity contribution is 0.251. The van der Waals surface area contributed by atoms with Gasteiger partial charge in [0.1, 0.15) is 0 Å². The molecule has 1 N–H and O–H groups in total. The van der Waals surface area contributed by atoms with Crippen molar-refractivity contribution in [2.75, 3.05) is 14.1 Å². The molecule has 2 heteroatoms. The first kappa shape index (κ1) is 12.2. The van der Waals surface area contributed by atoms with Crippen molar-refractivity contribution in [1.82, 2.24) is 10.4 Å². The molecule has 0 amide bonds. The average molecular weight is 206 g/mol. The van der Waals surface area contributed by atoms with Gasteiger partial charge < -0.3 is 0 Å². The number of nitrogens with one attached hydrogen (secondary N) is 1. The summed E-state index contributed by atoms with van der Waals surface area (Å²) in [7, 11) is 4.05. The summed E-state index contributed by atoms with van der Waals surface area (Å²) >= 11 is 0. The maximum Gasteiger partial charge on any atom is 0.0441 e. The monoisotopic (exact) mass is 206 g/mol. The molecule has 1 atom stereocenters. The van der Waals surface area contributed by atoms with Crippen molar-refractivity contribution in [1.29, 1.82) is 0 Å². The molecule has 0 fully saturated rings. The highest BCUT2D eigenvalue weighted by atomic mass is 15.5. The summed E-state index contributed by atoms with van der Waals surface area (Å²) in [6.45, 7) is 8.71. The highest BCUT2D eigenvalue weighted by Crippen LogP contribution is 2.23. The van der Waals surface area contributed by atoms with E-state index in [1.807, 2.05) is 19.1 Å². The Bertz CT molecular complexity index is 319. The van der Waals surface area contributed by atoms with Gasteiger partial charge in [0.25, 0.3) is 0 Å². The first-order valence-corrected chi connectivity index (χ1v) is 5.43. The molecule has 1 unspecified atom stereocenters. The lowest BCUT2D eigenvalue weighted by Gasteiger charge is -2.23. The molecule has 0 aliphatic heterocycles. The van der Waals surface area contributed by atoms with Gasteiger partial charge in [-0.05, 0) is 44.4 Å². The standard InChI is InChI=1S/C13H22N2/c1-9-7-10(2)13(11(3)8-9)12(4)14-15(5)6/h7-8,12,14H,1-6H3. The second-order valence-corrected chi connectivity index (χ2v) is 4.56. The highest BCUT2D eigenvalue weighted by Gasteiger charge is 2.11. The molecule has 0 aromatic heterocycles. The zero-order valence-electron chi connectivity index (χ0n) is 10.7. The second-order valence-electron chi connectivity index (χ2n) is 4.56. The Kier molecular flexibility index (Phi) is 3.89. The molecule has 1 aromatic carbocycles. The zero-order chi connectivity index (χ0) is 11.6. The van der Waals surface area contributed by atoms with Crippen LogP contribution in [0.15, 0.2) is 12.1 Å².